The van der Waals surface area contributed by atoms with Gasteiger partial charge in [-0.05, 0) is 60.7 Å². The Labute approximate surface area is 206 Å². The number of benzene rings is 1. The molecule has 5 nitrogen and oxygen atoms in total. The first-order valence-electron chi connectivity index (χ1n) is 11.3. The lowest BCUT2D eigenvalue weighted by Gasteiger charge is -2.23. The van der Waals surface area contributed by atoms with Crippen LogP contribution in [0.4, 0.5) is 13.2 Å². The fourth-order valence-electron chi connectivity index (χ4n) is 3.69. The predicted molar refractivity (Wildman–Crippen MR) is 128 cm³/mol. The van der Waals surface area contributed by atoms with E-state index in [0.29, 0.717) is 23.0 Å². The van der Waals surface area contributed by atoms with Crippen LogP contribution in [0.3, 0.4) is 0 Å². The number of ether oxygens (including phenoxy) is 1. The van der Waals surface area contributed by atoms with Gasteiger partial charge < -0.3 is 15.2 Å². The van der Waals surface area contributed by atoms with E-state index in [4.69, 9.17) is 9.84 Å². The molecule has 2 aromatic rings. The number of hydrogen-bond donors (Lipinski definition) is 2. The first-order valence-corrected chi connectivity index (χ1v) is 12.2. The summed E-state index contributed by atoms with van der Waals surface area (Å²) in [5.74, 6) is -0.308. The highest BCUT2D eigenvalue weighted by atomic mass is 32.1. The van der Waals surface area contributed by atoms with Crippen molar-refractivity contribution < 1.29 is 32.6 Å². The molecular weight excluding hydrogens is 479 g/mol. The van der Waals surface area contributed by atoms with Gasteiger partial charge in [-0.25, -0.2) is 0 Å². The summed E-state index contributed by atoms with van der Waals surface area (Å²) in [5, 5.41) is 11.3. The standard InChI is InChI=1S/C26H28F3NO4S/c1-16(2)15-21(22-11-12-23(35-22)25(33)30-14-13-24(31)32)34-20-9-5-18(6-10-20)17-3-7-19(8-4-17)26(27,28)29/h3-5,7-12,16,18,21H,6,13-15H2,1-2H3,(H,30,33)(H,31,32). The summed E-state index contributed by atoms with van der Waals surface area (Å²) in [7, 11) is 0. The molecule has 1 aromatic heterocycles. The number of rotatable bonds is 10. The van der Waals surface area contributed by atoms with Gasteiger partial charge in [-0.1, -0.05) is 32.1 Å². The Morgan fingerprint density at radius 1 is 1.17 bits per heavy atom. The van der Waals surface area contributed by atoms with Gasteiger partial charge in [-0.15, -0.1) is 11.3 Å². The van der Waals surface area contributed by atoms with Crippen molar-refractivity contribution in [3.8, 4) is 0 Å². The number of carbonyl (C=O) groups is 2. The minimum atomic E-state index is -4.35. The van der Waals surface area contributed by atoms with E-state index in [0.717, 1.165) is 29.0 Å². The number of hydrogen-bond acceptors (Lipinski definition) is 4. The SMILES string of the molecule is CC(C)CC(OC1=CCC(c2ccc(C(F)(F)F)cc2)C=C1)c1ccc(C(=O)NCCC(=O)O)s1. The molecule has 0 saturated heterocycles. The van der Waals surface area contributed by atoms with Crippen molar-refractivity contribution in [2.45, 2.75) is 51.3 Å². The van der Waals surface area contributed by atoms with Crippen LogP contribution in [0, 0.1) is 5.92 Å². The highest BCUT2D eigenvalue weighted by Crippen LogP contribution is 2.36. The van der Waals surface area contributed by atoms with Crippen molar-refractivity contribution in [1.82, 2.24) is 5.32 Å². The number of aliphatic carboxylic acids is 1. The van der Waals surface area contributed by atoms with E-state index < -0.39 is 17.7 Å². The van der Waals surface area contributed by atoms with Crippen LogP contribution in [0.25, 0.3) is 0 Å². The molecular formula is C26H28F3NO4S. The van der Waals surface area contributed by atoms with Crippen molar-refractivity contribution in [3.63, 3.8) is 0 Å². The van der Waals surface area contributed by atoms with E-state index in [-0.39, 0.29) is 30.9 Å². The Hall–Kier alpha value is -3.07. The molecule has 0 saturated carbocycles. The van der Waals surface area contributed by atoms with Crippen LogP contribution >= 0.6 is 11.3 Å². The number of allylic oxidation sites excluding steroid dienone is 3. The van der Waals surface area contributed by atoms with Crippen LogP contribution in [-0.2, 0) is 15.7 Å². The van der Waals surface area contributed by atoms with Gasteiger partial charge in [0.05, 0.1) is 16.9 Å². The van der Waals surface area contributed by atoms with Gasteiger partial charge in [-0.3, -0.25) is 9.59 Å². The van der Waals surface area contributed by atoms with Crippen LogP contribution in [0.15, 0.2) is 60.4 Å². The molecule has 1 heterocycles. The fraction of sp³-hybridized carbons (Fsp3) is 0.385. The Bertz CT molecular complexity index is 1090. The summed E-state index contributed by atoms with van der Waals surface area (Å²) in [6.45, 7) is 4.22. The largest absolute Gasteiger partial charge is 0.485 e. The molecule has 2 atom stereocenters. The van der Waals surface area contributed by atoms with Crippen LogP contribution < -0.4 is 5.32 Å². The van der Waals surface area contributed by atoms with Gasteiger partial charge in [0, 0.05) is 17.3 Å². The minimum absolute atomic E-state index is 0.0315. The highest BCUT2D eigenvalue weighted by Gasteiger charge is 2.30. The highest BCUT2D eigenvalue weighted by molar-refractivity contribution is 7.14. The summed E-state index contributed by atoms with van der Waals surface area (Å²) in [6, 6.07) is 8.77. The molecule has 1 aromatic carbocycles. The maximum Gasteiger partial charge on any atom is 0.416 e. The van der Waals surface area contributed by atoms with E-state index in [1.54, 1.807) is 6.07 Å². The average Bonchev–Trinajstić information content (AvgIpc) is 3.29. The molecule has 1 aliphatic carbocycles. The molecule has 2 N–H and O–H groups in total. The zero-order chi connectivity index (χ0) is 25.6. The third kappa shape index (κ3) is 7.71. The number of thiophene rings is 1. The maximum atomic E-state index is 12.8. The number of carboxylic acids is 1. The Balaban J connectivity index is 1.64. The monoisotopic (exact) mass is 507 g/mol. The number of carbonyl (C=O) groups excluding carboxylic acids is 1. The quantitative estimate of drug-likeness (QED) is 0.375. The van der Waals surface area contributed by atoms with Crippen LogP contribution in [0.2, 0.25) is 0 Å². The fourth-order valence-corrected chi connectivity index (χ4v) is 4.65. The Kier molecular flexibility index (Phi) is 8.77. The molecule has 0 bridgehead atoms. The van der Waals surface area contributed by atoms with Gasteiger partial charge in [-0.2, -0.15) is 13.2 Å². The molecule has 3 rings (SSSR count). The molecule has 35 heavy (non-hydrogen) atoms. The van der Waals surface area contributed by atoms with E-state index in [1.165, 1.54) is 23.5 Å². The molecule has 0 radical (unpaired) electrons. The number of halogens is 3. The predicted octanol–water partition coefficient (Wildman–Crippen LogP) is 6.70. The average molecular weight is 508 g/mol. The van der Waals surface area contributed by atoms with Crippen molar-refractivity contribution >= 4 is 23.2 Å². The second-order valence-corrected chi connectivity index (χ2v) is 9.88. The third-order valence-electron chi connectivity index (χ3n) is 5.49. The first-order chi connectivity index (χ1) is 16.5. The zero-order valence-electron chi connectivity index (χ0n) is 19.5. The van der Waals surface area contributed by atoms with Gasteiger partial charge in [0.1, 0.15) is 11.9 Å². The lowest BCUT2D eigenvalue weighted by Crippen LogP contribution is -2.25. The normalized spacial score (nSPS) is 16.6. The molecule has 0 fully saturated rings. The molecule has 188 valence electrons. The second kappa shape index (κ2) is 11.6. The van der Waals surface area contributed by atoms with Crippen molar-refractivity contribution in [2.24, 2.45) is 5.92 Å². The topological polar surface area (TPSA) is 75.6 Å². The maximum absolute atomic E-state index is 12.8. The van der Waals surface area contributed by atoms with Gasteiger partial charge in [0.15, 0.2) is 0 Å². The lowest BCUT2D eigenvalue weighted by molar-refractivity contribution is -0.138. The van der Waals surface area contributed by atoms with Crippen LogP contribution in [-0.4, -0.2) is 23.5 Å². The number of alkyl halides is 3. The number of nitrogens with one attached hydrogen (secondary N) is 1. The summed E-state index contributed by atoms with van der Waals surface area (Å²) in [6.07, 6.45) is 2.28. The molecule has 9 heteroatoms. The summed E-state index contributed by atoms with van der Waals surface area (Å²) < 4.78 is 44.7. The Morgan fingerprint density at radius 3 is 2.46 bits per heavy atom. The molecule has 0 spiro atoms. The van der Waals surface area contributed by atoms with E-state index in [1.807, 2.05) is 24.3 Å². The molecule has 2 unspecified atom stereocenters. The molecule has 1 aliphatic rings. The van der Waals surface area contributed by atoms with Gasteiger partial charge in [0.25, 0.3) is 5.91 Å². The lowest BCUT2D eigenvalue weighted by atomic mass is 9.91. The summed E-state index contributed by atoms with van der Waals surface area (Å²) in [5.41, 5.74) is 0.142. The second-order valence-electron chi connectivity index (χ2n) is 8.77. The summed E-state index contributed by atoms with van der Waals surface area (Å²) >= 11 is 1.31. The van der Waals surface area contributed by atoms with Crippen molar-refractivity contribution in [3.05, 3.63) is 81.3 Å². The van der Waals surface area contributed by atoms with E-state index in [2.05, 4.69) is 19.2 Å². The van der Waals surface area contributed by atoms with Gasteiger partial charge >= 0.3 is 12.1 Å². The van der Waals surface area contributed by atoms with Crippen LogP contribution in [0.5, 0.6) is 0 Å². The zero-order valence-corrected chi connectivity index (χ0v) is 20.3. The summed E-state index contributed by atoms with van der Waals surface area (Å²) in [4.78, 5) is 24.3. The number of carboxylic acid groups (broad SMARTS) is 1. The van der Waals surface area contributed by atoms with E-state index >= 15 is 0 Å². The van der Waals surface area contributed by atoms with E-state index in [9.17, 15) is 22.8 Å². The van der Waals surface area contributed by atoms with Crippen LogP contribution in [0.1, 0.15) is 70.8 Å². The van der Waals surface area contributed by atoms with Crippen molar-refractivity contribution in [2.75, 3.05) is 6.54 Å². The minimum Gasteiger partial charge on any atom is -0.485 e. The third-order valence-corrected chi connectivity index (χ3v) is 6.66. The number of amides is 1. The Morgan fingerprint density at radius 2 is 1.89 bits per heavy atom. The molecule has 1 amide bonds. The molecule has 0 aliphatic heterocycles. The smallest absolute Gasteiger partial charge is 0.416 e. The van der Waals surface area contributed by atoms with Crippen molar-refractivity contribution in [1.29, 1.82) is 0 Å². The van der Waals surface area contributed by atoms with Gasteiger partial charge in [0.2, 0.25) is 0 Å². The first kappa shape index (κ1) is 26.5.